The molecule has 0 fully saturated rings. The van der Waals surface area contributed by atoms with E-state index in [0.29, 0.717) is 0 Å². The number of rotatable bonds is 19. The molecule has 0 spiro atoms. The molecule has 0 aliphatic heterocycles. The Morgan fingerprint density at radius 3 is 1.56 bits per heavy atom. The van der Waals surface area contributed by atoms with E-state index in [4.69, 9.17) is 9.47 Å². The summed E-state index contributed by atoms with van der Waals surface area (Å²) in [6, 6.07) is 29.5. The first kappa shape index (κ1) is 36.5. The Morgan fingerprint density at radius 1 is 0.580 bits per heavy atom. The normalized spacial score (nSPS) is 15.9. The Balaban J connectivity index is 1.23. The van der Waals surface area contributed by atoms with Crippen LogP contribution in [0, 0.1) is 34.0 Å². The topological polar surface area (TPSA) is 66.0 Å². The van der Waals surface area contributed by atoms with Gasteiger partial charge in [0, 0.05) is 5.92 Å². The summed E-state index contributed by atoms with van der Waals surface area (Å²) in [5.41, 5.74) is 5.46. The average Bonchev–Trinajstić information content (AvgIpc) is 3.30. The van der Waals surface area contributed by atoms with Crippen molar-refractivity contribution in [1.29, 1.82) is 10.5 Å². The van der Waals surface area contributed by atoms with Gasteiger partial charge in [-0.1, -0.05) is 157 Å². The maximum absolute atomic E-state index is 10.6. The molecule has 5 rings (SSSR count). The van der Waals surface area contributed by atoms with Gasteiger partial charge in [0.25, 0.3) is 0 Å². The minimum Gasteiger partial charge on any atom is -0.494 e. The lowest BCUT2D eigenvalue weighted by molar-refractivity contribution is 0.304. The fraction of sp³-hybridized carbons (Fsp3) is 0.391. The number of fused-ring (bicyclic) bond motifs is 1. The van der Waals surface area contributed by atoms with Crippen LogP contribution in [0.2, 0.25) is 0 Å². The third-order valence-electron chi connectivity index (χ3n) is 9.93. The molecule has 1 atom stereocenters. The van der Waals surface area contributed by atoms with Crippen molar-refractivity contribution < 1.29 is 9.47 Å². The van der Waals surface area contributed by atoms with E-state index in [9.17, 15) is 10.5 Å². The lowest BCUT2D eigenvalue weighted by Gasteiger charge is -2.24. The molecule has 2 aliphatic carbocycles. The van der Waals surface area contributed by atoms with Crippen molar-refractivity contribution in [2.24, 2.45) is 11.3 Å². The molecule has 4 nitrogen and oxygen atoms in total. The Hall–Kier alpha value is -4.80. The van der Waals surface area contributed by atoms with Crippen molar-refractivity contribution in [2.45, 2.75) is 90.9 Å². The number of allylic oxidation sites excluding steroid dienone is 8. The van der Waals surface area contributed by atoms with Gasteiger partial charge in [-0.25, -0.2) is 0 Å². The fourth-order valence-electron chi connectivity index (χ4n) is 6.92. The lowest BCUT2D eigenvalue weighted by Crippen LogP contribution is -2.24. The summed E-state index contributed by atoms with van der Waals surface area (Å²) in [6.45, 7) is 5.96. The Morgan fingerprint density at radius 2 is 1.04 bits per heavy atom. The molecule has 50 heavy (non-hydrogen) atoms. The first-order valence-corrected chi connectivity index (χ1v) is 18.8. The molecule has 2 aliphatic rings. The van der Waals surface area contributed by atoms with Crippen LogP contribution in [0.15, 0.2) is 109 Å². The molecule has 0 saturated heterocycles. The zero-order chi connectivity index (χ0) is 35.0. The molecule has 0 N–H and O–H groups in total. The third-order valence-corrected chi connectivity index (χ3v) is 9.93. The van der Waals surface area contributed by atoms with Crippen molar-refractivity contribution in [3.8, 4) is 34.8 Å². The van der Waals surface area contributed by atoms with E-state index >= 15 is 0 Å². The molecule has 258 valence electrons. The first-order valence-electron chi connectivity index (χ1n) is 18.8. The van der Waals surface area contributed by atoms with E-state index in [-0.39, 0.29) is 5.92 Å². The highest BCUT2D eigenvalue weighted by Gasteiger charge is 2.49. The minimum atomic E-state index is -1.33. The molecule has 1 unspecified atom stereocenters. The summed E-state index contributed by atoms with van der Waals surface area (Å²) >= 11 is 0. The Kier molecular flexibility index (Phi) is 13.7. The monoisotopic (exact) mass is 664 g/mol. The smallest absolute Gasteiger partial charge is 0.179 e. The van der Waals surface area contributed by atoms with Crippen LogP contribution in [-0.2, 0) is 0 Å². The van der Waals surface area contributed by atoms with Crippen molar-refractivity contribution in [1.82, 2.24) is 0 Å². The van der Waals surface area contributed by atoms with Crippen LogP contribution in [-0.4, -0.2) is 13.2 Å². The van der Waals surface area contributed by atoms with Crippen molar-refractivity contribution in [3.63, 3.8) is 0 Å². The molecule has 0 heterocycles. The molecule has 3 aromatic rings. The van der Waals surface area contributed by atoms with Crippen molar-refractivity contribution >= 4 is 11.1 Å². The van der Waals surface area contributed by atoms with Gasteiger partial charge in [-0.2, -0.15) is 10.5 Å². The summed E-state index contributed by atoms with van der Waals surface area (Å²) in [6.07, 6.45) is 25.1. The summed E-state index contributed by atoms with van der Waals surface area (Å²) in [5, 5.41) is 21.2. The zero-order valence-electron chi connectivity index (χ0n) is 30.0. The molecule has 0 aromatic heterocycles. The molecule has 0 bridgehead atoms. The second kappa shape index (κ2) is 18.8. The van der Waals surface area contributed by atoms with Crippen LogP contribution < -0.4 is 9.47 Å². The Labute approximate surface area is 300 Å². The largest absolute Gasteiger partial charge is 0.494 e. The van der Waals surface area contributed by atoms with Gasteiger partial charge < -0.3 is 9.47 Å². The highest BCUT2D eigenvalue weighted by molar-refractivity contribution is 5.87. The lowest BCUT2D eigenvalue weighted by atomic mass is 9.72. The third kappa shape index (κ3) is 9.25. The quantitative estimate of drug-likeness (QED) is 0.120. The van der Waals surface area contributed by atoms with Crippen LogP contribution in [0.5, 0.6) is 11.5 Å². The number of unbranched alkanes of at least 4 members (excludes halogenated alkanes) is 10. The number of benzene rings is 3. The van der Waals surface area contributed by atoms with E-state index in [1.807, 2.05) is 54.6 Å². The number of hydrogen-bond acceptors (Lipinski definition) is 4. The van der Waals surface area contributed by atoms with Gasteiger partial charge in [0.05, 0.1) is 25.4 Å². The van der Waals surface area contributed by atoms with Crippen LogP contribution in [0.25, 0.3) is 22.3 Å². The van der Waals surface area contributed by atoms with Gasteiger partial charge in [0.15, 0.2) is 5.41 Å². The number of nitriles is 2. The van der Waals surface area contributed by atoms with E-state index in [2.05, 4.69) is 74.5 Å². The van der Waals surface area contributed by atoms with Gasteiger partial charge in [-0.15, -0.1) is 0 Å². The highest BCUT2D eigenvalue weighted by atomic mass is 16.5. The SMILES string of the molecule is CCCCCCCCOc1ccc(C2=CC3C(=CC=C2)C=C(c2ccc(-c4ccc(OCCCCCCCC)cc4)cc2)C3(C#N)C#N)cc1. The highest BCUT2D eigenvalue weighted by Crippen LogP contribution is 2.53. The maximum Gasteiger partial charge on any atom is 0.179 e. The summed E-state index contributed by atoms with van der Waals surface area (Å²) in [4.78, 5) is 0. The van der Waals surface area contributed by atoms with Gasteiger partial charge in [-0.05, 0) is 76.1 Å². The van der Waals surface area contributed by atoms with E-state index in [1.165, 1.54) is 64.2 Å². The van der Waals surface area contributed by atoms with E-state index in [1.54, 1.807) is 0 Å². The minimum absolute atomic E-state index is 0.385. The van der Waals surface area contributed by atoms with Crippen molar-refractivity contribution in [3.05, 3.63) is 120 Å². The maximum atomic E-state index is 10.6. The Bertz CT molecular complexity index is 1710. The van der Waals surface area contributed by atoms with Gasteiger partial charge in [0.1, 0.15) is 11.5 Å². The van der Waals surface area contributed by atoms with Crippen LogP contribution >= 0.6 is 0 Å². The van der Waals surface area contributed by atoms with E-state index < -0.39 is 5.41 Å². The molecular weight excluding hydrogens is 613 g/mol. The zero-order valence-corrected chi connectivity index (χ0v) is 30.0. The number of hydrogen-bond donors (Lipinski definition) is 0. The molecule has 0 radical (unpaired) electrons. The molecule has 4 heteroatoms. The summed E-state index contributed by atoms with van der Waals surface area (Å²) < 4.78 is 12.0. The van der Waals surface area contributed by atoms with Gasteiger partial charge in [-0.3, -0.25) is 0 Å². The average molecular weight is 665 g/mol. The molecule has 0 saturated carbocycles. The molecule has 0 amide bonds. The van der Waals surface area contributed by atoms with Crippen LogP contribution in [0.3, 0.4) is 0 Å². The second-order valence-corrected chi connectivity index (χ2v) is 13.6. The second-order valence-electron chi connectivity index (χ2n) is 13.6. The number of nitrogens with zero attached hydrogens (tertiary/aromatic N) is 2. The van der Waals surface area contributed by atoms with Gasteiger partial charge >= 0.3 is 0 Å². The summed E-state index contributed by atoms with van der Waals surface area (Å²) in [5.74, 6) is 1.37. The predicted octanol–water partition coefficient (Wildman–Crippen LogP) is 12.5. The van der Waals surface area contributed by atoms with Gasteiger partial charge in [0.2, 0.25) is 0 Å². The fourth-order valence-corrected chi connectivity index (χ4v) is 6.92. The van der Waals surface area contributed by atoms with Crippen molar-refractivity contribution in [2.75, 3.05) is 13.2 Å². The van der Waals surface area contributed by atoms with E-state index in [0.717, 1.165) is 76.5 Å². The van der Waals surface area contributed by atoms with Crippen LogP contribution in [0.4, 0.5) is 0 Å². The van der Waals surface area contributed by atoms with Crippen LogP contribution in [0.1, 0.15) is 102 Å². The molecular formula is C46H52N2O2. The molecule has 3 aromatic carbocycles. The standard InChI is InChI=1S/C46H52N2O2/c1-3-5-7-9-11-13-30-49-42-26-22-37(23-27-42)36-18-20-39(21-19-36)44-33-41-17-15-16-40(32-45(41)46(44,34-47)35-48)38-24-28-43(29-25-38)50-31-14-12-10-8-6-4-2/h15-29,32-33,45H,3-14,30-31H2,1-2H3. The summed E-state index contributed by atoms with van der Waals surface area (Å²) in [7, 11) is 0. The predicted molar refractivity (Wildman–Crippen MR) is 206 cm³/mol. The first-order chi connectivity index (χ1) is 24.6. The number of ether oxygens (including phenoxy) is 2.